The van der Waals surface area contributed by atoms with Crippen LogP contribution in [0.2, 0.25) is 0 Å². The number of rotatable bonds is 1. The fourth-order valence-electron chi connectivity index (χ4n) is 2.85. The van der Waals surface area contributed by atoms with Crippen LogP contribution in [-0.4, -0.2) is 19.8 Å². The lowest BCUT2D eigenvalue weighted by atomic mass is 9.68. The summed E-state index contributed by atoms with van der Waals surface area (Å²) in [6, 6.07) is 0. The highest BCUT2D eigenvalue weighted by Crippen LogP contribution is 2.48. The van der Waals surface area contributed by atoms with E-state index in [2.05, 4.69) is 20.8 Å². The first-order chi connectivity index (χ1) is 7.27. The summed E-state index contributed by atoms with van der Waals surface area (Å²) in [5, 5.41) is -0.285. The molecule has 3 atom stereocenters. The van der Waals surface area contributed by atoms with Crippen molar-refractivity contribution in [3.8, 4) is 0 Å². The fourth-order valence-corrected chi connectivity index (χ4v) is 5.22. The minimum absolute atomic E-state index is 0.0639. The molecule has 0 aromatic heterocycles. The van der Waals surface area contributed by atoms with E-state index < -0.39 is 10.1 Å². The molecule has 0 bridgehead atoms. The molecule has 2 fully saturated rings. The van der Waals surface area contributed by atoms with Gasteiger partial charge in [0.25, 0.3) is 10.1 Å². The van der Waals surface area contributed by atoms with E-state index in [9.17, 15) is 8.42 Å². The minimum Gasteiger partial charge on any atom is -0.266 e. The highest BCUT2D eigenvalue weighted by atomic mass is 32.2. The Morgan fingerprint density at radius 1 is 1.19 bits per heavy atom. The lowest BCUT2D eigenvalue weighted by molar-refractivity contribution is 0.00345. The second-order valence-corrected chi connectivity index (χ2v) is 7.72. The standard InChI is InChI=1S/C12H22O3S/c1-8-11(10-6-5-7-10)16(13,14)15-9(2)12(8,3)4/h8-11H,5-7H2,1-4H3. The van der Waals surface area contributed by atoms with E-state index in [1.165, 1.54) is 6.42 Å². The van der Waals surface area contributed by atoms with Gasteiger partial charge in [-0.3, -0.25) is 4.18 Å². The topological polar surface area (TPSA) is 43.4 Å². The van der Waals surface area contributed by atoms with Crippen molar-refractivity contribution < 1.29 is 12.6 Å². The quantitative estimate of drug-likeness (QED) is 0.668. The maximum Gasteiger partial charge on any atom is 0.271 e. The largest absolute Gasteiger partial charge is 0.271 e. The molecule has 3 unspecified atom stereocenters. The van der Waals surface area contributed by atoms with E-state index in [4.69, 9.17) is 4.18 Å². The second-order valence-electron chi connectivity index (χ2n) is 6.00. The SMILES string of the molecule is CC1OS(=O)(=O)C(C2CCC2)C(C)C1(C)C. The Labute approximate surface area is 98.7 Å². The van der Waals surface area contributed by atoms with E-state index in [-0.39, 0.29) is 22.7 Å². The predicted molar refractivity (Wildman–Crippen MR) is 63.5 cm³/mol. The third-order valence-electron chi connectivity index (χ3n) is 4.94. The molecule has 1 saturated carbocycles. The van der Waals surface area contributed by atoms with Gasteiger partial charge >= 0.3 is 0 Å². The van der Waals surface area contributed by atoms with Crippen molar-refractivity contribution in [1.82, 2.24) is 0 Å². The molecule has 94 valence electrons. The van der Waals surface area contributed by atoms with Crippen LogP contribution < -0.4 is 0 Å². The van der Waals surface area contributed by atoms with Crippen LogP contribution in [0.25, 0.3) is 0 Å². The van der Waals surface area contributed by atoms with E-state index in [1.54, 1.807) is 0 Å². The average molecular weight is 246 g/mol. The Balaban J connectivity index is 2.33. The third-order valence-corrected chi connectivity index (χ3v) is 6.96. The van der Waals surface area contributed by atoms with Gasteiger partial charge in [0.15, 0.2) is 0 Å². The van der Waals surface area contributed by atoms with Crippen LogP contribution in [0.1, 0.15) is 47.0 Å². The van der Waals surface area contributed by atoms with E-state index in [1.807, 2.05) is 6.92 Å². The van der Waals surface area contributed by atoms with Crippen LogP contribution in [-0.2, 0) is 14.3 Å². The smallest absolute Gasteiger partial charge is 0.266 e. The van der Waals surface area contributed by atoms with Crippen LogP contribution in [0.5, 0.6) is 0 Å². The maximum atomic E-state index is 12.1. The van der Waals surface area contributed by atoms with Gasteiger partial charge in [-0.05, 0) is 37.0 Å². The van der Waals surface area contributed by atoms with Gasteiger partial charge in [-0.25, -0.2) is 0 Å². The van der Waals surface area contributed by atoms with Crippen molar-refractivity contribution in [2.75, 3.05) is 0 Å². The molecule has 0 aromatic rings. The summed E-state index contributed by atoms with van der Waals surface area (Å²) in [5.74, 6) is 0.498. The van der Waals surface area contributed by atoms with Crippen LogP contribution in [0.4, 0.5) is 0 Å². The molecule has 1 aliphatic carbocycles. The number of hydrogen-bond donors (Lipinski definition) is 0. The van der Waals surface area contributed by atoms with Gasteiger partial charge in [-0.15, -0.1) is 0 Å². The van der Waals surface area contributed by atoms with Crippen molar-refractivity contribution >= 4 is 10.1 Å². The van der Waals surface area contributed by atoms with Crippen molar-refractivity contribution in [2.45, 2.75) is 58.3 Å². The molecule has 2 aliphatic rings. The molecule has 16 heavy (non-hydrogen) atoms. The van der Waals surface area contributed by atoms with Crippen molar-refractivity contribution in [1.29, 1.82) is 0 Å². The highest BCUT2D eigenvalue weighted by molar-refractivity contribution is 7.87. The molecule has 1 heterocycles. The van der Waals surface area contributed by atoms with Crippen LogP contribution >= 0.6 is 0 Å². The summed E-state index contributed by atoms with van der Waals surface area (Å²) in [6.07, 6.45) is 3.03. The lowest BCUT2D eigenvalue weighted by Gasteiger charge is -2.49. The van der Waals surface area contributed by atoms with Gasteiger partial charge in [-0.2, -0.15) is 8.42 Å². The van der Waals surface area contributed by atoms with Gasteiger partial charge in [0.2, 0.25) is 0 Å². The highest BCUT2D eigenvalue weighted by Gasteiger charge is 2.53. The molecule has 1 aliphatic heterocycles. The second kappa shape index (κ2) is 3.70. The number of hydrogen-bond acceptors (Lipinski definition) is 3. The van der Waals surface area contributed by atoms with Crippen molar-refractivity contribution in [3.05, 3.63) is 0 Å². The van der Waals surface area contributed by atoms with Crippen molar-refractivity contribution in [3.63, 3.8) is 0 Å². The van der Waals surface area contributed by atoms with E-state index >= 15 is 0 Å². The predicted octanol–water partition coefficient (Wildman–Crippen LogP) is 2.57. The molecular weight excluding hydrogens is 224 g/mol. The first-order valence-electron chi connectivity index (χ1n) is 6.19. The van der Waals surface area contributed by atoms with Gasteiger partial charge in [0.1, 0.15) is 0 Å². The lowest BCUT2D eigenvalue weighted by Crippen LogP contribution is -2.54. The van der Waals surface area contributed by atoms with Gasteiger partial charge in [-0.1, -0.05) is 27.2 Å². The van der Waals surface area contributed by atoms with Gasteiger partial charge in [0.05, 0.1) is 11.4 Å². The molecule has 3 nitrogen and oxygen atoms in total. The van der Waals surface area contributed by atoms with Crippen molar-refractivity contribution in [2.24, 2.45) is 17.3 Å². The van der Waals surface area contributed by atoms with Gasteiger partial charge in [0, 0.05) is 0 Å². The molecule has 0 aromatic carbocycles. The summed E-state index contributed by atoms with van der Waals surface area (Å²) in [5.41, 5.74) is -0.0639. The van der Waals surface area contributed by atoms with Crippen LogP contribution in [0.15, 0.2) is 0 Å². The monoisotopic (exact) mass is 246 g/mol. The summed E-state index contributed by atoms with van der Waals surface area (Å²) < 4.78 is 29.5. The zero-order valence-corrected chi connectivity index (χ0v) is 11.4. The van der Waals surface area contributed by atoms with Crippen LogP contribution in [0.3, 0.4) is 0 Å². The maximum absolute atomic E-state index is 12.1. The normalized spacial score (nSPS) is 42.6. The summed E-state index contributed by atoms with van der Waals surface area (Å²) in [4.78, 5) is 0. The first-order valence-corrected chi connectivity index (χ1v) is 7.66. The molecule has 0 amide bonds. The Morgan fingerprint density at radius 3 is 2.19 bits per heavy atom. The van der Waals surface area contributed by atoms with Gasteiger partial charge < -0.3 is 0 Å². The molecule has 0 spiro atoms. The Hall–Kier alpha value is -0.0900. The zero-order chi connectivity index (χ0) is 12.1. The zero-order valence-electron chi connectivity index (χ0n) is 10.6. The fraction of sp³-hybridized carbons (Fsp3) is 1.00. The Morgan fingerprint density at radius 2 is 1.75 bits per heavy atom. The molecule has 1 saturated heterocycles. The Kier molecular flexibility index (Phi) is 2.86. The Bertz CT molecular complexity index is 368. The first kappa shape index (κ1) is 12.4. The molecular formula is C12H22O3S. The third kappa shape index (κ3) is 1.70. The molecule has 0 N–H and O–H groups in total. The van der Waals surface area contributed by atoms with E-state index in [0.717, 1.165) is 12.8 Å². The van der Waals surface area contributed by atoms with E-state index in [0.29, 0.717) is 5.92 Å². The molecule has 4 heteroatoms. The summed E-state index contributed by atoms with van der Waals surface area (Å²) >= 11 is 0. The average Bonchev–Trinajstić information content (AvgIpc) is 2.06. The molecule has 2 rings (SSSR count). The molecule has 0 radical (unpaired) electrons. The minimum atomic E-state index is -3.35. The van der Waals surface area contributed by atoms with Crippen LogP contribution in [0, 0.1) is 17.3 Å². The summed E-state index contributed by atoms with van der Waals surface area (Å²) in [6.45, 7) is 8.16. The summed E-state index contributed by atoms with van der Waals surface area (Å²) in [7, 11) is -3.35.